The van der Waals surface area contributed by atoms with Gasteiger partial charge >= 0.3 is 0 Å². The van der Waals surface area contributed by atoms with Gasteiger partial charge in [-0.25, -0.2) is 17.5 Å². The van der Waals surface area contributed by atoms with Gasteiger partial charge in [-0.3, -0.25) is 0 Å². The van der Waals surface area contributed by atoms with Crippen LogP contribution in [0.1, 0.15) is 19.8 Å². The molecule has 1 aromatic rings. The van der Waals surface area contributed by atoms with E-state index in [-0.39, 0.29) is 29.0 Å². The zero-order chi connectivity index (χ0) is 15.3. The van der Waals surface area contributed by atoms with E-state index >= 15 is 0 Å². The summed E-state index contributed by atoms with van der Waals surface area (Å²) in [4.78, 5) is -0.337. The van der Waals surface area contributed by atoms with Gasteiger partial charge in [0.25, 0.3) is 0 Å². The molecule has 20 heavy (non-hydrogen) atoms. The number of nitrogens with one attached hydrogen (secondary N) is 1. The summed E-state index contributed by atoms with van der Waals surface area (Å²) in [5.41, 5.74) is 0. The number of hydrogen-bond donors (Lipinski definition) is 2. The van der Waals surface area contributed by atoms with Gasteiger partial charge in [-0.1, -0.05) is 30.1 Å². The molecule has 2 N–H and O–H groups in total. The summed E-state index contributed by atoms with van der Waals surface area (Å²) in [6.45, 7) is 2.11. The second-order valence-electron chi connectivity index (χ2n) is 4.50. The highest BCUT2D eigenvalue weighted by molar-refractivity contribution is 7.89. The zero-order valence-corrected chi connectivity index (χ0v) is 13.2. The first-order valence-corrected chi connectivity index (χ1v) is 8.27. The van der Waals surface area contributed by atoms with Crippen molar-refractivity contribution in [3.05, 3.63) is 28.0 Å². The summed E-state index contributed by atoms with van der Waals surface area (Å²) in [6, 6.07) is 2.30. The van der Waals surface area contributed by atoms with Crippen LogP contribution in [0.2, 0.25) is 10.0 Å². The van der Waals surface area contributed by atoms with Crippen molar-refractivity contribution in [1.29, 1.82) is 0 Å². The minimum absolute atomic E-state index is 0.0565. The van der Waals surface area contributed by atoms with E-state index in [9.17, 15) is 12.8 Å². The van der Waals surface area contributed by atoms with E-state index in [1.54, 1.807) is 0 Å². The molecule has 0 fully saturated rings. The van der Waals surface area contributed by atoms with Crippen LogP contribution >= 0.6 is 23.2 Å². The molecule has 114 valence electrons. The highest BCUT2D eigenvalue weighted by atomic mass is 35.5. The third kappa shape index (κ3) is 4.56. The Morgan fingerprint density at radius 1 is 1.40 bits per heavy atom. The minimum atomic E-state index is -3.88. The Balaban J connectivity index is 2.73. The quantitative estimate of drug-likeness (QED) is 0.590. The Labute approximate surface area is 127 Å². The highest BCUT2D eigenvalue weighted by Crippen LogP contribution is 2.29. The fourth-order valence-electron chi connectivity index (χ4n) is 1.54. The van der Waals surface area contributed by atoms with Crippen molar-refractivity contribution < 1.29 is 17.9 Å². The maximum Gasteiger partial charge on any atom is 0.242 e. The average molecular weight is 344 g/mol. The van der Waals surface area contributed by atoms with E-state index in [1.807, 2.05) is 6.92 Å². The predicted octanol–water partition coefficient (Wildman–Crippen LogP) is 2.82. The number of benzene rings is 1. The van der Waals surface area contributed by atoms with Crippen LogP contribution in [0, 0.1) is 11.7 Å². The molecule has 0 saturated heterocycles. The Bertz CT molecular complexity index is 566. The van der Waals surface area contributed by atoms with Crippen molar-refractivity contribution in [3.8, 4) is 0 Å². The van der Waals surface area contributed by atoms with Gasteiger partial charge in [-0.15, -0.1) is 0 Å². The largest absolute Gasteiger partial charge is 0.396 e. The molecular weight excluding hydrogens is 328 g/mol. The number of aliphatic hydroxyl groups excluding tert-OH is 1. The lowest BCUT2D eigenvalue weighted by atomic mass is 10.1. The maximum atomic E-state index is 13.5. The van der Waals surface area contributed by atoms with Crippen molar-refractivity contribution in [3.63, 3.8) is 0 Å². The summed E-state index contributed by atoms with van der Waals surface area (Å²) in [5.74, 6) is -0.846. The lowest BCUT2D eigenvalue weighted by molar-refractivity contribution is 0.228. The Kier molecular flexibility index (Phi) is 6.68. The number of rotatable bonds is 7. The molecule has 0 heterocycles. The van der Waals surface area contributed by atoms with Gasteiger partial charge in [0.2, 0.25) is 10.0 Å². The third-order valence-electron chi connectivity index (χ3n) is 2.77. The van der Waals surface area contributed by atoms with Crippen molar-refractivity contribution in [2.24, 2.45) is 5.92 Å². The van der Waals surface area contributed by atoms with Crippen LogP contribution < -0.4 is 4.72 Å². The van der Waals surface area contributed by atoms with Gasteiger partial charge in [0, 0.05) is 13.2 Å². The molecule has 8 heteroatoms. The highest BCUT2D eigenvalue weighted by Gasteiger charge is 2.21. The zero-order valence-electron chi connectivity index (χ0n) is 10.9. The summed E-state index contributed by atoms with van der Waals surface area (Å²) >= 11 is 11.2. The van der Waals surface area contributed by atoms with Crippen LogP contribution in [-0.4, -0.2) is 26.7 Å². The first kappa shape index (κ1) is 17.7. The molecule has 1 atom stereocenters. The molecule has 0 saturated carbocycles. The van der Waals surface area contributed by atoms with Crippen LogP contribution in [0.3, 0.4) is 0 Å². The van der Waals surface area contributed by atoms with Gasteiger partial charge in [0.05, 0.1) is 10.0 Å². The number of hydrogen-bond acceptors (Lipinski definition) is 3. The molecule has 0 aliphatic carbocycles. The topological polar surface area (TPSA) is 66.4 Å². The summed E-state index contributed by atoms with van der Waals surface area (Å²) in [5, 5.41) is 8.10. The molecule has 0 spiro atoms. The van der Waals surface area contributed by atoms with E-state index in [0.29, 0.717) is 12.8 Å². The molecule has 0 radical (unpaired) electrons. The number of sulfonamides is 1. The third-order valence-corrected chi connectivity index (χ3v) is 5.04. The van der Waals surface area contributed by atoms with Gasteiger partial charge in [0.15, 0.2) is 5.82 Å². The molecule has 1 aromatic carbocycles. The Morgan fingerprint density at radius 2 is 2.05 bits per heavy atom. The summed E-state index contributed by atoms with van der Waals surface area (Å²) in [7, 11) is -3.88. The van der Waals surface area contributed by atoms with Gasteiger partial charge < -0.3 is 5.11 Å². The van der Waals surface area contributed by atoms with Gasteiger partial charge in [-0.2, -0.15) is 0 Å². The van der Waals surface area contributed by atoms with Gasteiger partial charge in [-0.05, 0) is 30.9 Å². The Morgan fingerprint density at radius 3 is 2.65 bits per heavy atom. The standard InChI is InChI=1S/C12H16Cl2FNO3S/c1-8(7-17)3-2-6-16-20(18,19)10-5-4-9(13)12(15)11(10)14/h4-5,8,16-17H,2-3,6-7H2,1H3. The van der Waals surface area contributed by atoms with Crippen LogP contribution in [0.25, 0.3) is 0 Å². The molecule has 0 aliphatic heterocycles. The van der Waals surface area contributed by atoms with Crippen LogP contribution in [0.15, 0.2) is 17.0 Å². The first-order valence-electron chi connectivity index (χ1n) is 6.03. The van der Waals surface area contributed by atoms with Crippen molar-refractivity contribution in [2.45, 2.75) is 24.7 Å². The average Bonchev–Trinajstić information content (AvgIpc) is 2.40. The molecule has 0 aliphatic rings. The molecule has 4 nitrogen and oxygen atoms in total. The fourth-order valence-corrected chi connectivity index (χ4v) is 3.36. The van der Waals surface area contributed by atoms with Gasteiger partial charge in [0.1, 0.15) is 4.90 Å². The smallest absolute Gasteiger partial charge is 0.242 e. The van der Waals surface area contributed by atoms with E-state index < -0.39 is 20.9 Å². The first-order chi connectivity index (χ1) is 9.29. The lowest BCUT2D eigenvalue weighted by Gasteiger charge is -2.10. The molecule has 1 unspecified atom stereocenters. The molecule has 1 rings (SSSR count). The normalized spacial score (nSPS) is 13.4. The van der Waals surface area contributed by atoms with E-state index in [0.717, 1.165) is 12.1 Å². The number of aliphatic hydroxyl groups is 1. The monoisotopic (exact) mass is 343 g/mol. The van der Waals surface area contributed by atoms with Crippen LogP contribution in [-0.2, 0) is 10.0 Å². The van der Waals surface area contributed by atoms with E-state index in [1.165, 1.54) is 0 Å². The van der Waals surface area contributed by atoms with Crippen molar-refractivity contribution >= 4 is 33.2 Å². The summed E-state index contributed by atoms with van der Waals surface area (Å²) < 4.78 is 39.8. The van der Waals surface area contributed by atoms with E-state index in [4.69, 9.17) is 28.3 Å². The number of halogens is 3. The molecular formula is C12H16Cl2FNO3S. The van der Waals surface area contributed by atoms with Crippen molar-refractivity contribution in [1.82, 2.24) is 4.72 Å². The van der Waals surface area contributed by atoms with Crippen molar-refractivity contribution in [2.75, 3.05) is 13.2 Å². The molecule has 0 aromatic heterocycles. The second kappa shape index (κ2) is 7.56. The maximum absolute atomic E-state index is 13.5. The summed E-state index contributed by atoms with van der Waals surface area (Å²) in [6.07, 6.45) is 1.25. The predicted molar refractivity (Wildman–Crippen MR) is 77.1 cm³/mol. The second-order valence-corrected chi connectivity index (χ2v) is 7.02. The Hall–Kier alpha value is -0.400. The minimum Gasteiger partial charge on any atom is -0.396 e. The van der Waals surface area contributed by atoms with Crippen LogP contribution in [0.4, 0.5) is 4.39 Å². The van der Waals surface area contributed by atoms with E-state index in [2.05, 4.69) is 4.72 Å². The molecule has 0 amide bonds. The fraction of sp³-hybridized carbons (Fsp3) is 0.500. The molecule has 0 bridgehead atoms. The van der Waals surface area contributed by atoms with Crippen LogP contribution in [0.5, 0.6) is 0 Å². The SMILES string of the molecule is CC(CO)CCCNS(=O)(=O)c1ccc(Cl)c(F)c1Cl. The lowest BCUT2D eigenvalue weighted by Crippen LogP contribution is -2.25.